The minimum Gasteiger partial charge on any atom is -0.492 e. The maximum Gasteiger partial charge on any atom is 0.503 e. The number of amides is 1. The van der Waals surface area contributed by atoms with Gasteiger partial charge in [-0.15, -0.1) is 12.4 Å². The summed E-state index contributed by atoms with van der Waals surface area (Å²) in [6.07, 6.45) is 4.58. The van der Waals surface area contributed by atoms with Crippen molar-refractivity contribution in [2.24, 2.45) is 0 Å². The molecule has 2 aromatic carbocycles. The van der Waals surface area contributed by atoms with E-state index in [1.807, 2.05) is 75.6 Å². The molecule has 1 amide bonds. The molecular weight excluding hydrogens is 627 g/mol. The molecule has 4 rings (SSSR count). The maximum absolute atomic E-state index is 13.2. The van der Waals surface area contributed by atoms with E-state index >= 15 is 0 Å². The van der Waals surface area contributed by atoms with Gasteiger partial charge in [-0.05, 0) is 75.8 Å². The number of halogens is 3. The van der Waals surface area contributed by atoms with Crippen LogP contribution in [-0.2, 0) is 0 Å². The summed E-state index contributed by atoms with van der Waals surface area (Å²) in [4.78, 5) is 30.9. The van der Waals surface area contributed by atoms with Gasteiger partial charge in [0.1, 0.15) is 11.4 Å². The highest BCUT2D eigenvalue weighted by molar-refractivity contribution is 6.33. The average molecular weight is 668 g/mol. The lowest BCUT2D eigenvalue weighted by molar-refractivity contribution is 0.0922. The van der Waals surface area contributed by atoms with E-state index in [9.17, 15) is 4.79 Å². The van der Waals surface area contributed by atoms with Crippen LogP contribution in [0, 0.1) is 0 Å². The van der Waals surface area contributed by atoms with Gasteiger partial charge >= 0.3 is 6.16 Å². The molecule has 1 heterocycles. The smallest absolute Gasteiger partial charge is 0.492 e. The van der Waals surface area contributed by atoms with Crippen LogP contribution in [0.25, 0.3) is 22.4 Å². The molecule has 1 fully saturated rings. The van der Waals surface area contributed by atoms with Gasteiger partial charge in [0.15, 0.2) is 0 Å². The van der Waals surface area contributed by atoms with Gasteiger partial charge in [-0.2, -0.15) is 0 Å². The molecule has 0 atom stereocenters. The van der Waals surface area contributed by atoms with Crippen LogP contribution >= 0.6 is 35.6 Å². The minimum atomic E-state index is -1.83. The van der Waals surface area contributed by atoms with Crippen molar-refractivity contribution in [2.45, 2.75) is 44.6 Å². The predicted octanol–water partition coefficient (Wildman–Crippen LogP) is 7.83. The Balaban J connectivity index is 0.00000127. The summed E-state index contributed by atoms with van der Waals surface area (Å²) in [5.74, 6) is 0.433. The number of nitrogens with one attached hydrogen (secondary N) is 1. The van der Waals surface area contributed by atoms with Crippen molar-refractivity contribution in [1.29, 1.82) is 0 Å². The van der Waals surface area contributed by atoms with E-state index in [1.54, 1.807) is 6.07 Å². The van der Waals surface area contributed by atoms with Crippen LogP contribution in [0.5, 0.6) is 5.75 Å². The number of rotatable bonds is 10. The minimum absolute atomic E-state index is 0. The largest absolute Gasteiger partial charge is 0.503 e. The predicted molar refractivity (Wildman–Crippen MR) is 180 cm³/mol. The number of hydrogen-bond donors (Lipinski definition) is 3. The van der Waals surface area contributed by atoms with Crippen molar-refractivity contribution in [3.05, 3.63) is 64.3 Å². The van der Waals surface area contributed by atoms with E-state index in [1.165, 1.54) is 6.42 Å². The van der Waals surface area contributed by atoms with Crippen molar-refractivity contribution in [3.63, 3.8) is 0 Å². The molecule has 1 aromatic heterocycles. The van der Waals surface area contributed by atoms with Gasteiger partial charge in [-0.1, -0.05) is 48.5 Å². The zero-order chi connectivity index (χ0) is 31.5. The quantitative estimate of drug-likeness (QED) is 0.188. The number of pyridine rings is 1. The van der Waals surface area contributed by atoms with Crippen molar-refractivity contribution in [3.8, 4) is 28.1 Å². The van der Waals surface area contributed by atoms with E-state index in [0.29, 0.717) is 33.8 Å². The first-order valence-electron chi connectivity index (χ1n) is 14.2. The Morgan fingerprint density at radius 2 is 1.59 bits per heavy atom. The maximum atomic E-state index is 13.2. The van der Waals surface area contributed by atoms with Crippen LogP contribution in [0.15, 0.2) is 48.5 Å². The number of carbonyl (C=O) groups excluding carboxylic acids is 1. The Morgan fingerprint density at radius 1 is 0.932 bits per heavy atom. The van der Waals surface area contributed by atoms with Gasteiger partial charge in [-0.3, -0.25) is 4.79 Å². The fourth-order valence-electron chi connectivity index (χ4n) is 4.85. The Morgan fingerprint density at radius 3 is 2.23 bits per heavy atom. The molecule has 0 spiro atoms. The molecule has 44 heavy (non-hydrogen) atoms. The van der Waals surface area contributed by atoms with Gasteiger partial charge in [0.25, 0.3) is 5.91 Å². The number of benzene rings is 2. The van der Waals surface area contributed by atoms with E-state index in [-0.39, 0.29) is 24.4 Å². The molecule has 0 saturated heterocycles. The summed E-state index contributed by atoms with van der Waals surface area (Å²) < 4.78 is 6.05. The molecule has 0 bridgehead atoms. The Kier molecular flexibility index (Phi) is 15.0. The second-order valence-corrected chi connectivity index (χ2v) is 11.7. The summed E-state index contributed by atoms with van der Waals surface area (Å²) >= 11 is 13.2. The number of anilines is 1. The second-order valence-electron chi connectivity index (χ2n) is 10.9. The van der Waals surface area contributed by atoms with Crippen LogP contribution in [-0.4, -0.2) is 79.5 Å². The van der Waals surface area contributed by atoms with Crippen LogP contribution < -0.4 is 15.0 Å². The monoisotopic (exact) mass is 666 g/mol. The first kappa shape index (κ1) is 36.9. The molecular formula is C32H41Cl3N4O5. The summed E-state index contributed by atoms with van der Waals surface area (Å²) in [7, 11) is 8.05. The molecule has 3 aromatic rings. The van der Waals surface area contributed by atoms with Gasteiger partial charge in [-0.25, -0.2) is 9.78 Å². The molecule has 1 saturated carbocycles. The molecule has 3 N–H and O–H groups in total. The highest BCUT2D eigenvalue weighted by atomic mass is 35.5. The molecule has 240 valence electrons. The molecule has 1 aliphatic rings. The highest BCUT2D eigenvalue weighted by Crippen LogP contribution is 2.39. The fraction of sp³-hybridized carbons (Fsp3) is 0.406. The summed E-state index contributed by atoms with van der Waals surface area (Å²) in [5.41, 5.74) is 4.52. The number of ether oxygens (including phenoxy) is 1. The van der Waals surface area contributed by atoms with Crippen LogP contribution in [0.4, 0.5) is 10.5 Å². The summed E-state index contributed by atoms with van der Waals surface area (Å²) in [5, 5.41) is 18.3. The standard InChI is InChI=1S/C31H38Cl2N4O2.CH2O3.ClH/c1-36(2)17-8-18-39-29-19-21(11-14-27(29)33)30-24(25-20-23(37(3)4)12-15-26(25)32)13-16-28(35-30)31(38)34-22-9-6-5-7-10-22;2-1(3)4;/h11-16,19-20,22H,5-10,17-18H2,1-4H3,(H,34,38);(H2,2,3,4);1H. The van der Waals surface area contributed by atoms with Crippen LogP contribution in [0.3, 0.4) is 0 Å². The molecule has 0 unspecified atom stereocenters. The highest BCUT2D eigenvalue weighted by Gasteiger charge is 2.21. The lowest BCUT2D eigenvalue weighted by Gasteiger charge is -2.23. The number of nitrogens with zero attached hydrogens (tertiary/aromatic N) is 3. The van der Waals surface area contributed by atoms with Crippen molar-refractivity contribution < 1.29 is 24.5 Å². The fourth-order valence-corrected chi connectivity index (χ4v) is 5.24. The third-order valence-electron chi connectivity index (χ3n) is 7.04. The number of hydrogen-bond acceptors (Lipinski definition) is 6. The third-order valence-corrected chi connectivity index (χ3v) is 7.68. The lowest BCUT2D eigenvalue weighted by atomic mass is 9.95. The SMILES string of the molecule is CN(C)CCCOc1cc(-c2nc(C(=O)NC3CCCCC3)ccc2-c2cc(N(C)C)ccc2Cl)ccc1Cl.Cl.O=C(O)O. The number of carboxylic acid groups (broad SMARTS) is 2. The molecule has 9 nitrogen and oxygen atoms in total. The lowest BCUT2D eigenvalue weighted by Crippen LogP contribution is -2.36. The first-order chi connectivity index (χ1) is 20.5. The summed E-state index contributed by atoms with van der Waals surface area (Å²) in [6, 6.07) is 15.4. The van der Waals surface area contributed by atoms with Crippen molar-refractivity contribution in [2.75, 3.05) is 46.2 Å². The Bertz CT molecular complexity index is 1390. The van der Waals surface area contributed by atoms with Crippen molar-refractivity contribution in [1.82, 2.24) is 15.2 Å². The van der Waals surface area contributed by atoms with Crippen LogP contribution in [0.1, 0.15) is 49.0 Å². The van der Waals surface area contributed by atoms with Gasteiger partial charge in [0.05, 0.1) is 17.3 Å². The van der Waals surface area contributed by atoms with E-state index in [0.717, 1.165) is 61.0 Å². The van der Waals surface area contributed by atoms with Gasteiger partial charge < -0.3 is 30.1 Å². The Hall–Kier alpha value is -3.24. The zero-order valence-corrected chi connectivity index (χ0v) is 27.8. The van der Waals surface area contributed by atoms with Gasteiger partial charge in [0, 0.05) is 54.1 Å². The third kappa shape index (κ3) is 11.0. The zero-order valence-electron chi connectivity index (χ0n) is 25.5. The van der Waals surface area contributed by atoms with E-state index in [4.69, 9.17) is 47.9 Å². The molecule has 12 heteroatoms. The van der Waals surface area contributed by atoms with E-state index in [2.05, 4.69) is 10.2 Å². The molecule has 1 aliphatic carbocycles. The number of aromatic nitrogens is 1. The van der Waals surface area contributed by atoms with Gasteiger partial charge in [0.2, 0.25) is 0 Å². The normalized spacial score (nSPS) is 12.9. The molecule has 0 aliphatic heterocycles. The topological polar surface area (TPSA) is 115 Å². The average Bonchev–Trinajstić information content (AvgIpc) is 2.96. The van der Waals surface area contributed by atoms with E-state index < -0.39 is 6.16 Å². The van der Waals surface area contributed by atoms with Crippen LogP contribution in [0.2, 0.25) is 10.0 Å². The second kappa shape index (κ2) is 17.9. The Labute approximate surface area is 275 Å². The first-order valence-corrected chi connectivity index (χ1v) is 15.0. The van der Waals surface area contributed by atoms with Crippen molar-refractivity contribution >= 4 is 53.4 Å². The molecule has 0 radical (unpaired) electrons. The number of carbonyl (C=O) groups is 2. The summed E-state index contributed by atoms with van der Waals surface area (Å²) in [6.45, 7) is 1.46.